The fraction of sp³-hybridized carbons (Fsp3) is 0.222. The molecule has 1 N–H and O–H groups in total. The molecule has 0 bridgehead atoms. The van der Waals surface area contributed by atoms with Crippen molar-refractivity contribution in [1.82, 2.24) is 14.9 Å². The van der Waals surface area contributed by atoms with Crippen LogP contribution < -0.4 is 5.32 Å². The number of carbonyl (C=O) groups excluding carboxylic acids is 1. The summed E-state index contributed by atoms with van der Waals surface area (Å²) in [7, 11) is 0. The number of benzene rings is 2. The molecule has 4 heteroatoms. The van der Waals surface area contributed by atoms with Gasteiger partial charge < -0.3 is 5.32 Å². The van der Waals surface area contributed by atoms with Gasteiger partial charge in [-0.1, -0.05) is 18.2 Å². The molecule has 0 aliphatic heterocycles. The van der Waals surface area contributed by atoms with E-state index in [1.165, 1.54) is 0 Å². The molecule has 110 valence electrons. The lowest BCUT2D eigenvalue weighted by Gasteiger charge is -2.07. The molecule has 1 heterocycles. The van der Waals surface area contributed by atoms with E-state index in [0.29, 0.717) is 11.6 Å². The van der Waals surface area contributed by atoms with Crippen molar-refractivity contribution in [2.45, 2.75) is 25.8 Å². The third kappa shape index (κ3) is 2.26. The largest absolute Gasteiger partial charge is 0.349 e. The van der Waals surface area contributed by atoms with E-state index in [-0.39, 0.29) is 5.91 Å². The fourth-order valence-electron chi connectivity index (χ4n) is 2.74. The molecular weight excluding hydrogens is 274 g/mol. The lowest BCUT2D eigenvalue weighted by atomic mass is 10.2. The second kappa shape index (κ2) is 4.98. The molecule has 1 amide bonds. The summed E-state index contributed by atoms with van der Waals surface area (Å²) in [4.78, 5) is 16.8. The van der Waals surface area contributed by atoms with Crippen molar-refractivity contribution in [3.05, 3.63) is 59.9 Å². The van der Waals surface area contributed by atoms with Crippen LogP contribution in [0.5, 0.6) is 0 Å². The molecule has 0 unspecified atom stereocenters. The smallest absolute Gasteiger partial charge is 0.251 e. The minimum absolute atomic E-state index is 0.00341. The minimum Gasteiger partial charge on any atom is -0.349 e. The van der Waals surface area contributed by atoms with E-state index in [9.17, 15) is 4.79 Å². The Labute approximate surface area is 128 Å². The van der Waals surface area contributed by atoms with E-state index in [1.54, 1.807) is 0 Å². The molecule has 4 rings (SSSR count). The molecule has 0 spiro atoms. The number of aromatic nitrogens is 2. The molecule has 0 atom stereocenters. The summed E-state index contributed by atoms with van der Waals surface area (Å²) >= 11 is 0. The van der Waals surface area contributed by atoms with Gasteiger partial charge in [-0.3, -0.25) is 9.36 Å². The highest BCUT2D eigenvalue weighted by atomic mass is 16.1. The Hall–Kier alpha value is -2.62. The predicted octanol–water partition coefficient (Wildman–Crippen LogP) is 3.23. The van der Waals surface area contributed by atoms with Crippen molar-refractivity contribution in [3.63, 3.8) is 0 Å². The van der Waals surface area contributed by atoms with E-state index in [4.69, 9.17) is 0 Å². The first-order valence-corrected chi connectivity index (χ1v) is 7.58. The van der Waals surface area contributed by atoms with Gasteiger partial charge in [-0.25, -0.2) is 4.98 Å². The Morgan fingerprint density at radius 3 is 2.68 bits per heavy atom. The Morgan fingerprint density at radius 2 is 1.95 bits per heavy atom. The number of nitrogens with one attached hydrogen (secondary N) is 1. The quantitative estimate of drug-likeness (QED) is 0.805. The maximum atomic E-state index is 12.2. The summed E-state index contributed by atoms with van der Waals surface area (Å²) in [6.07, 6.45) is 2.19. The lowest BCUT2D eigenvalue weighted by molar-refractivity contribution is 0.0951. The topological polar surface area (TPSA) is 46.9 Å². The van der Waals surface area contributed by atoms with Crippen LogP contribution in [0.3, 0.4) is 0 Å². The highest BCUT2D eigenvalue weighted by molar-refractivity contribution is 5.98. The van der Waals surface area contributed by atoms with Crippen LogP contribution >= 0.6 is 0 Å². The third-order valence-corrected chi connectivity index (χ3v) is 4.01. The first kappa shape index (κ1) is 13.1. The Bertz CT molecular complexity index is 847. The van der Waals surface area contributed by atoms with Crippen molar-refractivity contribution in [3.8, 4) is 5.69 Å². The first-order chi connectivity index (χ1) is 10.7. The molecule has 1 aliphatic carbocycles. The second-order valence-corrected chi connectivity index (χ2v) is 5.78. The zero-order valence-corrected chi connectivity index (χ0v) is 12.4. The predicted molar refractivity (Wildman–Crippen MR) is 86.3 cm³/mol. The maximum absolute atomic E-state index is 12.2. The summed E-state index contributed by atoms with van der Waals surface area (Å²) in [6.45, 7) is 1.98. The lowest BCUT2D eigenvalue weighted by Crippen LogP contribution is -2.25. The van der Waals surface area contributed by atoms with E-state index >= 15 is 0 Å². The van der Waals surface area contributed by atoms with Crippen LogP contribution in [0.15, 0.2) is 48.5 Å². The number of hydrogen-bond donors (Lipinski definition) is 1. The number of rotatable bonds is 3. The van der Waals surface area contributed by atoms with E-state index in [0.717, 1.165) is 35.4 Å². The van der Waals surface area contributed by atoms with Crippen molar-refractivity contribution in [2.24, 2.45) is 0 Å². The fourth-order valence-corrected chi connectivity index (χ4v) is 2.74. The van der Waals surface area contributed by atoms with Crippen LogP contribution in [0.1, 0.15) is 29.0 Å². The zero-order valence-electron chi connectivity index (χ0n) is 12.4. The van der Waals surface area contributed by atoms with Crippen LogP contribution in [-0.2, 0) is 0 Å². The van der Waals surface area contributed by atoms with Crippen LogP contribution in [-0.4, -0.2) is 21.5 Å². The molecule has 0 radical (unpaired) electrons. The maximum Gasteiger partial charge on any atom is 0.251 e. The molecule has 1 aromatic heterocycles. The third-order valence-electron chi connectivity index (χ3n) is 4.01. The molecule has 3 aromatic rings. The van der Waals surface area contributed by atoms with Crippen molar-refractivity contribution in [2.75, 3.05) is 0 Å². The molecule has 4 nitrogen and oxygen atoms in total. The van der Waals surface area contributed by atoms with E-state index in [1.807, 2.05) is 43.3 Å². The Kier molecular flexibility index (Phi) is 2.96. The van der Waals surface area contributed by atoms with E-state index in [2.05, 4.69) is 27.0 Å². The van der Waals surface area contributed by atoms with Gasteiger partial charge in [-0.05, 0) is 50.1 Å². The van der Waals surface area contributed by atoms with Crippen LogP contribution in [0, 0.1) is 6.92 Å². The number of amides is 1. The standard InChI is InChI=1S/C18H17N3O/c1-12-19-16-11-13(18(22)20-14-8-9-14)7-10-17(16)21(12)15-5-3-2-4-6-15/h2-7,10-11,14H,8-9H2,1H3,(H,20,22). The summed E-state index contributed by atoms with van der Waals surface area (Å²) in [6, 6.07) is 16.2. The molecule has 1 saturated carbocycles. The average molecular weight is 291 g/mol. The van der Waals surface area contributed by atoms with Gasteiger partial charge in [0.05, 0.1) is 11.0 Å². The number of carbonyl (C=O) groups is 1. The van der Waals surface area contributed by atoms with Gasteiger partial charge in [0.15, 0.2) is 0 Å². The summed E-state index contributed by atoms with van der Waals surface area (Å²) in [5.41, 5.74) is 3.63. The number of aryl methyl sites for hydroxylation is 1. The minimum atomic E-state index is -0.00341. The molecule has 0 saturated heterocycles. The molecular formula is C18H17N3O. The Morgan fingerprint density at radius 1 is 1.18 bits per heavy atom. The van der Waals surface area contributed by atoms with Crippen LogP contribution in [0.2, 0.25) is 0 Å². The van der Waals surface area contributed by atoms with Crippen LogP contribution in [0.25, 0.3) is 16.7 Å². The number of fused-ring (bicyclic) bond motifs is 1. The van der Waals surface area contributed by atoms with Gasteiger partial charge in [-0.15, -0.1) is 0 Å². The highest BCUT2D eigenvalue weighted by Crippen LogP contribution is 2.23. The molecule has 1 aliphatic rings. The molecule has 1 fully saturated rings. The van der Waals surface area contributed by atoms with Gasteiger partial charge in [0.25, 0.3) is 5.91 Å². The van der Waals surface area contributed by atoms with Crippen LogP contribution in [0.4, 0.5) is 0 Å². The molecule has 22 heavy (non-hydrogen) atoms. The first-order valence-electron chi connectivity index (χ1n) is 7.58. The van der Waals surface area contributed by atoms with Gasteiger partial charge in [-0.2, -0.15) is 0 Å². The van der Waals surface area contributed by atoms with Crippen molar-refractivity contribution < 1.29 is 4.79 Å². The molecule has 2 aromatic carbocycles. The second-order valence-electron chi connectivity index (χ2n) is 5.78. The normalized spacial score (nSPS) is 14.2. The van der Waals surface area contributed by atoms with E-state index < -0.39 is 0 Å². The number of para-hydroxylation sites is 1. The van der Waals surface area contributed by atoms with Crippen molar-refractivity contribution in [1.29, 1.82) is 0 Å². The number of imidazole rings is 1. The highest BCUT2D eigenvalue weighted by Gasteiger charge is 2.24. The van der Waals surface area contributed by atoms with Crippen molar-refractivity contribution >= 4 is 16.9 Å². The SMILES string of the molecule is Cc1nc2cc(C(=O)NC3CC3)ccc2n1-c1ccccc1. The number of hydrogen-bond acceptors (Lipinski definition) is 2. The van der Waals surface area contributed by atoms with Gasteiger partial charge >= 0.3 is 0 Å². The summed E-state index contributed by atoms with van der Waals surface area (Å²) in [5.74, 6) is 0.914. The number of nitrogens with zero attached hydrogens (tertiary/aromatic N) is 2. The summed E-state index contributed by atoms with van der Waals surface area (Å²) in [5, 5.41) is 3.01. The Balaban J connectivity index is 1.77. The zero-order chi connectivity index (χ0) is 15.1. The average Bonchev–Trinajstić information content (AvgIpc) is 3.27. The van der Waals surface area contributed by atoms with Gasteiger partial charge in [0.2, 0.25) is 0 Å². The summed E-state index contributed by atoms with van der Waals surface area (Å²) < 4.78 is 2.11. The monoisotopic (exact) mass is 291 g/mol. The van der Waals surface area contributed by atoms with Gasteiger partial charge in [0, 0.05) is 17.3 Å². The van der Waals surface area contributed by atoms with Gasteiger partial charge in [0.1, 0.15) is 5.82 Å².